The van der Waals surface area contributed by atoms with Gasteiger partial charge in [0.15, 0.2) is 5.17 Å². The lowest BCUT2D eigenvalue weighted by Gasteiger charge is -2.06. The quantitative estimate of drug-likeness (QED) is 0.587. The molecule has 22 heavy (non-hydrogen) atoms. The third-order valence-electron chi connectivity index (χ3n) is 2.81. The fraction of sp³-hybridized carbons (Fsp3) is 0.188. The van der Waals surface area contributed by atoms with Gasteiger partial charge in [0, 0.05) is 15.8 Å². The normalized spacial score (nSPS) is 11.5. The number of nitrogens with two attached hydrogens (primary N) is 1. The van der Waals surface area contributed by atoms with E-state index in [1.54, 1.807) is 0 Å². The summed E-state index contributed by atoms with van der Waals surface area (Å²) in [5.74, 6) is 1.39. The first-order valence-corrected chi connectivity index (χ1v) is 8.47. The molecule has 0 fully saturated rings. The molecule has 0 spiro atoms. The highest BCUT2D eigenvalue weighted by Crippen LogP contribution is 2.28. The number of ether oxygens (including phenoxy) is 1. The van der Waals surface area contributed by atoms with Crippen LogP contribution in [0.15, 0.2) is 47.5 Å². The second-order valence-corrected chi connectivity index (χ2v) is 6.18. The number of halogens is 2. The van der Waals surface area contributed by atoms with Gasteiger partial charge in [-0.25, -0.2) is 4.99 Å². The molecular formula is C16H16Cl2N2OS. The van der Waals surface area contributed by atoms with Crippen LogP contribution in [0.2, 0.25) is 10.0 Å². The Bertz CT molecular complexity index is 639. The van der Waals surface area contributed by atoms with E-state index < -0.39 is 0 Å². The molecule has 2 rings (SSSR count). The third-order valence-corrected chi connectivity index (χ3v) is 4.34. The van der Waals surface area contributed by atoms with E-state index in [-0.39, 0.29) is 0 Å². The van der Waals surface area contributed by atoms with Crippen LogP contribution in [0.4, 0.5) is 5.69 Å². The SMILES string of the molecule is CCOc1ccc(N=C(N)SCc2c(Cl)cccc2Cl)cc1. The number of benzene rings is 2. The summed E-state index contributed by atoms with van der Waals surface area (Å²) in [6.07, 6.45) is 0. The molecule has 2 aromatic rings. The molecule has 0 aliphatic rings. The Hall–Kier alpha value is -1.36. The monoisotopic (exact) mass is 354 g/mol. The number of hydrogen-bond donors (Lipinski definition) is 1. The molecule has 0 unspecified atom stereocenters. The number of amidine groups is 1. The van der Waals surface area contributed by atoms with Crippen LogP contribution in [-0.4, -0.2) is 11.8 Å². The first-order chi connectivity index (χ1) is 10.6. The molecule has 0 aliphatic heterocycles. The van der Waals surface area contributed by atoms with E-state index in [4.69, 9.17) is 33.7 Å². The van der Waals surface area contributed by atoms with Gasteiger partial charge in [-0.2, -0.15) is 0 Å². The van der Waals surface area contributed by atoms with Crippen molar-refractivity contribution < 1.29 is 4.74 Å². The van der Waals surface area contributed by atoms with E-state index in [9.17, 15) is 0 Å². The van der Waals surface area contributed by atoms with Crippen molar-refractivity contribution in [2.45, 2.75) is 12.7 Å². The van der Waals surface area contributed by atoms with E-state index in [1.165, 1.54) is 11.8 Å². The largest absolute Gasteiger partial charge is 0.494 e. The van der Waals surface area contributed by atoms with E-state index in [0.29, 0.717) is 27.6 Å². The molecule has 0 aromatic heterocycles. The van der Waals surface area contributed by atoms with Crippen molar-refractivity contribution in [3.63, 3.8) is 0 Å². The van der Waals surface area contributed by atoms with Gasteiger partial charge in [-0.3, -0.25) is 0 Å². The third kappa shape index (κ3) is 4.83. The summed E-state index contributed by atoms with van der Waals surface area (Å²) in [5.41, 5.74) is 7.58. The van der Waals surface area contributed by atoms with Crippen LogP contribution in [0.5, 0.6) is 5.75 Å². The lowest BCUT2D eigenvalue weighted by atomic mass is 10.2. The Morgan fingerprint density at radius 2 is 1.77 bits per heavy atom. The van der Waals surface area contributed by atoms with Gasteiger partial charge in [0.2, 0.25) is 0 Å². The van der Waals surface area contributed by atoms with Gasteiger partial charge in [-0.1, -0.05) is 41.0 Å². The fourth-order valence-corrected chi connectivity index (χ4v) is 3.22. The number of thioether (sulfide) groups is 1. The Morgan fingerprint density at radius 3 is 2.36 bits per heavy atom. The fourth-order valence-electron chi connectivity index (χ4n) is 1.76. The molecule has 3 nitrogen and oxygen atoms in total. The Labute approximate surface area is 144 Å². The van der Waals surface area contributed by atoms with Crippen molar-refractivity contribution in [3.05, 3.63) is 58.1 Å². The highest BCUT2D eigenvalue weighted by atomic mass is 35.5. The van der Waals surface area contributed by atoms with Gasteiger partial charge >= 0.3 is 0 Å². The van der Waals surface area contributed by atoms with Crippen molar-refractivity contribution in [3.8, 4) is 5.75 Å². The van der Waals surface area contributed by atoms with Crippen molar-refractivity contribution in [2.24, 2.45) is 10.7 Å². The Kier molecular flexibility index (Phi) is 6.43. The van der Waals surface area contributed by atoms with Crippen LogP contribution in [0, 0.1) is 0 Å². The molecule has 0 radical (unpaired) electrons. The van der Waals surface area contributed by atoms with E-state index in [2.05, 4.69) is 4.99 Å². The summed E-state index contributed by atoms with van der Waals surface area (Å²) in [7, 11) is 0. The molecule has 116 valence electrons. The van der Waals surface area contributed by atoms with Crippen LogP contribution in [0.1, 0.15) is 12.5 Å². The number of nitrogens with zero attached hydrogens (tertiary/aromatic N) is 1. The zero-order valence-corrected chi connectivity index (χ0v) is 14.4. The van der Waals surface area contributed by atoms with Crippen LogP contribution < -0.4 is 10.5 Å². The molecule has 0 saturated heterocycles. The molecule has 2 aromatic carbocycles. The maximum Gasteiger partial charge on any atom is 0.159 e. The van der Waals surface area contributed by atoms with Crippen LogP contribution in [-0.2, 0) is 5.75 Å². The smallest absolute Gasteiger partial charge is 0.159 e. The second kappa shape index (κ2) is 8.32. The number of hydrogen-bond acceptors (Lipinski definition) is 3. The summed E-state index contributed by atoms with van der Waals surface area (Å²) >= 11 is 13.7. The molecule has 0 amide bonds. The van der Waals surface area contributed by atoms with Crippen LogP contribution in [0.3, 0.4) is 0 Å². The highest BCUT2D eigenvalue weighted by molar-refractivity contribution is 8.13. The first-order valence-electron chi connectivity index (χ1n) is 6.73. The zero-order chi connectivity index (χ0) is 15.9. The Morgan fingerprint density at radius 1 is 1.14 bits per heavy atom. The zero-order valence-electron chi connectivity index (χ0n) is 12.1. The summed E-state index contributed by atoms with van der Waals surface area (Å²) in [6.45, 7) is 2.58. The molecule has 0 heterocycles. The van der Waals surface area contributed by atoms with Gasteiger partial charge in [0.1, 0.15) is 5.75 Å². The molecule has 0 aliphatic carbocycles. The summed E-state index contributed by atoms with van der Waals surface area (Å²) in [5, 5.41) is 1.72. The Balaban J connectivity index is 2.00. The van der Waals surface area contributed by atoms with Crippen molar-refractivity contribution in [1.29, 1.82) is 0 Å². The van der Waals surface area contributed by atoms with E-state index >= 15 is 0 Å². The molecule has 0 bridgehead atoms. The minimum Gasteiger partial charge on any atom is -0.494 e. The maximum absolute atomic E-state index is 6.13. The summed E-state index contributed by atoms with van der Waals surface area (Å²) < 4.78 is 5.38. The molecule has 0 saturated carbocycles. The van der Waals surface area contributed by atoms with Gasteiger partial charge in [-0.15, -0.1) is 0 Å². The predicted molar refractivity (Wildman–Crippen MR) is 96.7 cm³/mol. The number of aliphatic imine (C=N–C) groups is 1. The van der Waals surface area contributed by atoms with Gasteiger partial charge in [-0.05, 0) is 48.9 Å². The van der Waals surface area contributed by atoms with Gasteiger partial charge in [0.05, 0.1) is 12.3 Å². The van der Waals surface area contributed by atoms with E-state index in [1.807, 2.05) is 49.4 Å². The van der Waals surface area contributed by atoms with Crippen molar-refractivity contribution in [1.82, 2.24) is 0 Å². The highest BCUT2D eigenvalue weighted by Gasteiger charge is 2.06. The topological polar surface area (TPSA) is 47.6 Å². The standard InChI is InChI=1S/C16H16Cl2N2OS/c1-2-21-12-8-6-11(7-9-12)20-16(19)22-10-13-14(17)4-3-5-15(13)18/h3-9H,2,10H2,1H3,(H2,19,20). The van der Waals surface area contributed by atoms with Crippen LogP contribution >= 0.6 is 35.0 Å². The number of rotatable bonds is 5. The summed E-state index contributed by atoms with van der Waals surface area (Å²) in [4.78, 5) is 4.35. The van der Waals surface area contributed by atoms with Crippen molar-refractivity contribution in [2.75, 3.05) is 6.61 Å². The average Bonchev–Trinajstić information content (AvgIpc) is 2.49. The molecule has 0 atom stereocenters. The predicted octanol–water partition coefficient (Wildman–Crippen LogP) is 5.27. The van der Waals surface area contributed by atoms with Crippen molar-refractivity contribution >= 4 is 45.8 Å². The lowest BCUT2D eigenvalue weighted by molar-refractivity contribution is 0.340. The molecule has 2 N–H and O–H groups in total. The lowest BCUT2D eigenvalue weighted by Crippen LogP contribution is -2.06. The van der Waals surface area contributed by atoms with E-state index in [0.717, 1.165) is 17.0 Å². The minimum atomic E-state index is 0.458. The molecular weight excluding hydrogens is 339 g/mol. The van der Waals surface area contributed by atoms with Gasteiger partial charge in [0.25, 0.3) is 0 Å². The molecule has 6 heteroatoms. The average molecular weight is 355 g/mol. The van der Waals surface area contributed by atoms with Crippen LogP contribution in [0.25, 0.3) is 0 Å². The second-order valence-electron chi connectivity index (χ2n) is 4.37. The maximum atomic E-state index is 6.13. The minimum absolute atomic E-state index is 0.458. The first kappa shape index (κ1) is 17.0. The van der Waals surface area contributed by atoms with Gasteiger partial charge < -0.3 is 10.5 Å². The summed E-state index contributed by atoms with van der Waals surface area (Å²) in [6, 6.07) is 12.9.